The summed E-state index contributed by atoms with van der Waals surface area (Å²) in [5.74, 6) is 4.64. The van der Waals surface area contributed by atoms with Gasteiger partial charge in [-0.3, -0.25) is 4.79 Å². The highest BCUT2D eigenvalue weighted by atomic mass is 19.1. The molecule has 0 aliphatic carbocycles. The zero-order valence-corrected chi connectivity index (χ0v) is 12.4. The lowest BCUT2D eigenvalue weighted by molar-refractivity contribution is 0.0533. The van der Waals surface area contributed by atoms with Gasteiger partial charge in [0.2, 0.25) is 0 Å². The van der Waals surface area contributed by atoms with Crippen LogP contribution >= 0.6 is 0 Å². The van der Waals surface area contributed by atoms with E-state index in [0.29, 0.717) is 12.1 Å². The van der Waals surface area contributed by atoms with Crippen molar-refractivity contribution in [3.63, 3.8) is 0 Å². The molecular formula is C16H20FN3O. The van der Waals surface area contributed by atoms with Crippen LogP contribution in [0.5, 0.6) is 0 Å². The summed E-state index contributed by atoms with van der Waals surface area (Å²) in [7, 11) is 2.03. The number of amides is 1. The first kappa shape index (κ1) is 15.5. The van der Waals surface area contributed by atoms with E-state index in [9.17, 15) is 9.18 Å². The van der Waals surface area contributed by atoms with Gasteiger partial charge in [0.1, 0.15) is 5.82 Å². The van der Waals surface area contributed by atoms with Crippen LogP contribution < -0.4 is 5.73 Å². The zero-order chi connectivity index (χ0) is 15.4. The van der Waals surface area contributed by atoms with E-state index in [-0.39, 0.29) is 24.1 Å². The van der Waals surface area contributed by atoms with Gasteiger partial charge in [-0.05, 0) is 32.2 Å². The van der Waals surface area contributed by atoms with Crippen LogP contribution in [0, 0.1) is 17.7 Å². The van der Waals surface area contributed by atoms with E-state index in [4.69, 9.17) is 5.73 Å². The standard InChI is InChI=1S/C16H20FN3O/c1-12-11-19(2)8-9-20(12)16(21)14-6-5-13(4-3-7-18)15(17)10-14/h5-6,10,12H,7-9,11,18H2,1-2H3. The number of likely N-dealkylation sites (N-methyl/N-ethyl adjacent to an activating group) is 1. The molecule has 112 valence electrons. The van der Waals surface area contributed by atoms with E-state index in [1.807, 2.05) is 14.0 Å². The van der Waals surface area contributed by atoms with Crippen LogP contribution in [-0.2, 0) is 0 Å². The molecule has 1 aliphatic rings. The maximum Gasteiger partial charge on any atom is 0.254 e. The molecule has 0 spiro atoms. The van der Waals surface area contributed by atoms with Crippen LogP contribution in [0.2, 0.25) is 0 Å². The van der Waals surface area contributed by atoms with E-state index < -0.39 is 5.82 Å². The minimum atomic E-state index is -0.483. The third kappa shape index (κ3) is 3.60. The van der Waals surface area contributed by atoms with Crippen LogP contribution in [0.4, 0.5) is 4.39 Å². The lowest BCUT2D eigenvalue weighted by Gasteiger charge is -2.38. The molecule has 0 saturated carbocycles. The smallest absolute Gasteiger partial charge is 0.254 e. The van der Waals surface area contributed by atoms with Crippen molar-refractivity contribution in [2.75, 3.05) is 33.2 Å². The first-order valence-corrected chi connectivity index (χ1v) is 7.01. The average molecular weight is 289 g/mol. The van der Waals surface area contributed by atoms with Gasteiger partial charge >= 0.3 is 0 Å². The Kier molecular flexibility index (Phi) is 4.94. The molecule has 1 aromatic rings. The van der Waals surface area contributed by atoms with Crippen LogP contribution in [0.1, 0.15) is 22.8 Å². The van der Waals surface area contributed by atoms with Crippen molar-refractivity contribution in [2.24, 2.45) is 5.73 Å². The number of benzene rings is 1. The SMILES string of the molecule is CC1CN(C)CCN1C(=O)c1ccc(C#CCN)c(F)c1. The van der Waals surface area contributed by atoms with Crippen molar-refractivity contribution in [1.82, 2.24) is 9.80 Å². The van der Waals surface area contributed by atoms with Crippen molar-refractivity contribution in [3.8, 4) is 11.8 Å². The molecular weight excluding hydrogens is 269 g/mol. The topological polar surface area (TPSA) is 49.6 Å². The lowest BCUT2D eigenvalue weighted by Crippen LogP contribution is -2.52. The van der Waals surface area contributed by atoms with Gasteiger partial charge < -0.3 is 15.5 Å². The molecule has 1 heterocycles. The van der Waals surface area contributed by atoms with Gasteiger partial charge in [-0.15, -0.1) is 0 Å². The second-order valence-corrected chi connectivity index (χ2v) is 5.31. The first-order valence-electron chi connectivity index (χ1n) is 7.01. The number of nitrogens with two attached hydrogens (primary N) is 1. The third-order valence-electron chi connectivity index (χ3n) is 3.63. The molecule has 1 aromatic carbocycles. The number of piperazine rings is 1. The van der Waals surface area contributed by atoms with E-state index in [1.54, 1.807) is 11.0 Å². The minimum absolute atomic E-state index is 0.121. The number of hydrogen-bond acceptors (Lipinski definition) is 3. The second kappa shape index (κ2) is 6.70. The fraction of sp³-hybridized carbons (Fsp3) is 0.438. The molecule has 0 bridgehead atoms. The summed E-state index contributed by atoms with van der Waals surface area (Å²) in [6.07, 6.45) is 0. The molecule has 0 aromatic heterocycles. The summed E-state index contributed by atoms with van der Waals surface area (Å²) in [5, 5.41) is 0. The Morgan fingerprint density at radius 3 is 2.86 bits per heavy atom. The maximum absolute atomic E-state index is 13.9. The number of rotatable bonds is 1. The fourth-order valence-electron chi connectivity index (χ4n) is 2.50. The summed E-state index contributed by atoms with van der Waals surface area (Å²) in [6, 6.07) is 4.53. The maximum atomic E-state index is 13.9. The van der Waals surface area contributed by atoms with E-state index >= 15 is 0 Å². The monoisotopic (exact) mass is 289 g/mol. The van der Waals surface area contributed by atoms with E-state index in [0.717, 1.165) is 13.1 Å². The Morgan fingerprint density at radius 1 is 1.48 bits per heavy atom. The largest absolute Gasteiger partial charge is 0.333 e. The first-order chi connectivity index (χ1) is 10.0. The Morgan fingerprint density at radius 2 is 2.24 bits per heavy atom. The molecule has 1 fully saturated rings. The highest BCUT2D eigenvalue weighted by Crippen LogP contribution is 2.16. The average Bonchev–Trinajstić information content (AvgIpc) is 2.45. The Balaban J connectivity index is 2.18. The van der Waals surface area contributed by atoms with Crippen molar-refractivity contribution < 1.29 is 9.18 Å². The summed E-state index contributed by atoms with van der Waals surface area (Å²) < 4.78 is 13.9. The molecule has 1 amide bonds. The second-order valence-electron chi connectivity index (χ2n) is 5.31. The number of nitrogens with zero attached hydrogens (tertiary/aromatic N) is 2. The predicted octanol–water partition coefficient (Wildman–Crippen LogP) is 0.912. The highest BCUT2D eigenvalue weighted by molar-refractivity contribution is 5.94. The van der Waals surface area contributed by atoms with Crippen molar-refractivity contribution >= 4 is 5.91 Å². The number of halogens is 1. The molecule has 1 saturated heterocycles. The molecule has 1 unspecified atom stereocenters. The normalized spacial score (nSPS) is 19.0. The Labute approximate surface area is 124 Å². The van der Waals surface area contributed by atoms with Gasteiger partial charge in [0.25, 0.3) is 5.91 Å². The summed E-state index contributed by atoms with van der Waals surface area (Å²) in [4.78, 5) is 16.5. The third-order valence-corrected chi connectivity index (χ3v) is 3.63. The summed E-state index contributed by atoms with van der Waals surface area (Å²) in [5.41, 5.74) is 5.90. The quantitative estimate of drug-likeness (QED) is 0.782. The summed E-state index contributed by atoms with van der Waals surface area (Å²) in [6.45, 7) is 4.50. The minimum Gasteiger partial charge on any atom is -0.333 e. The van der Waals surface area contributed by atoms with Gasteiger partial charge in [0.05, 0.1) is 12.1 Å². The van der Waals surface area contributed by atoms with Gasteiger partial charge in [-0.2, -0.15) is 0 Å². The predicted molar refractivity (Wildman–Crippen MR) is 80.3 cm³/mol. The summed E-state index contributed by atoms with van der Waals surface area (Å²) >= 11 is 0. The molecule has 0 radical (unpaired) electrons. The van der Waals surface area contributed by atoms with Crippen LogP contribution in [0.15, 0.2) is 18.2 Å². The van der Waals surface area contributed by atoms with Gasteiger partial charge in [0.15, 0.2) is 0 Å². The fourth-order valence-corrected chi connectivity index (χ4v) is 2.50. The van der Waals surface area contributed by atoms with Gasteiger partial charge in [0, 0.05) is 31.2 Å². The Hall–Kier alpha value is -1.90. The molecule has 5 heteroatoms. The molecule has 2 rings (SSSR count). The van der Waals surface area contributed by atoms with E-state index in [1.165, 1.54) is 12.1 Å². The van der Waals surface area contributed by atoms with Crippen molar-refractivity contribution in [2.45, 2.75) is 13.0 Å². The zero-order valence-electron chi connectivity index (χ0n) is 12.4. The molecule has 2 N–H and O–H groups in total. The van der Waals surface area contributed by atoms with Crippen LogP contribution in [-0.4, -0.2) is 55.0 Å². The number of carbonyl (C=O) groups excluding carboxylic acids is 1. The van der Waals surface area contributed by atoms with Crippen molar-refractivity contribution in [1.29, 1.82) is 0 Å². The number of hydrogen-bond donors (Lipinski definition) is 1. The highest BCUT2D eigenvalue weighted by Gasteiger charge is 2.26. The molecule has 4 nitrogen and oxygen atoms in total. The van der Waals surface area contributed by atoms with Crippen LogP contribution in [0.3, 0.4) is 0 Å². The van der Waals surface area contributed by atoms with Gasteiger partial charge in [-0.1, -0.05) is 11.8 Å². The van der Waals surface area contributed by atoms with Crippen LogP contribution in [0.25, 0.3) is 0 Å². The number of carbonyl (C=O) groups is 1. The Bertz CT molecular complexity index is 591. The van der Waals surface area contributed by atoms with Gasteiger partial charge in [-0.25, -0.2) is 4.39 Å². The molecule has 1 atom stereocenters. The molecule has 1 aliphatic heterocycles. The lowest BCUT2D eigenvalue weighted by atomic mass is 10.1. The molecule has 21 heavy (non-hydrogen) atoms. The van der Waals surface area contributed by atoms with E-state index in [2.05, 4.69) is 16.7 Å². The van der Waals surface area contributed by atoms with Crippen molar-refractivity contribution in [3.05, 3.63) is 35.1 Å².